The number of pyridine rings is 1. The average molecular weight is 694 g/mol. The number of likely N-dealkylation sites (tertiary alicyclic amines) is 1. The van der Waals surface area contributed by atoms with Gasteiger partial charge in [0, 0.05) is 28.3 Å². The molecule has 1 saturated heterocycles. The minimum Gasteiger partial charge on any atom is -0.496 e. The van der Waals surface area contributed by atoms with Crippen LogP contribution in [-0.4, -0.2) is 70.2 Å². The lowest BCUT2D eigenvalue weighted by Crippen LogP contribution is -2.54. The van der Waals surface area contributed by atoms with Gasteiger partial charge in [-0.25, -0.2) is 14.8 Å². The summed E-state index contributed by atoms with van der Waals surface area (Å²) in [6.45, 7) is 17.1. The number of alkyl carbamates (subject to hydrolysis) is 1. The summed E-state index contributed by atoms with van der Waals surface area (Å²) >= 11 is 1.51. The van der Waals surface area contributed by atoms with Gasteiger partial charge in [0.15, 0.2) is 0 Å². The number of carbonyl (C=O) groups excluding carboxylic acids is 3. The summed E-state index contributed by atoms with van der Waals surface area (Å²) in [4.78, 5) is 51.2. The lowest BCUT2D eigenvalue weighted by molar-refractivity contribution is -0.139. The molecule has 12 heteroatoms. The van der Waals surface area contributed by atoms with Crippen LogP contribution in [0, 0.1) is 12.8 Å². The van der Waals surface area contributed by atoms with Gasteiger partial charge in [-0.05, 0) is 65.0 Å². The Bertz CT molecular complexity index is 1660. The van der Waals surface area contributed by atoms with Gasteiger partial charge in [-0.15, -0.1) is 17.9 Å². The van der Waals surface area contributed by atoms with Gasteiger partial charge in [-0.2, -0.15) is 0 Å². The predicted molar refractivity (Wildman–Crippen MR) is 193 cm³/mol. The van der Waals surface area contributed by atoms with Gasteiger partial charge in [0.2, 0.25) is 11.8 Å². The molecule has 0 bridgehead atoms. The second-order valence-electron chi connectivity index (χ2n) is 14.0. The van der Waals surface area contributed by atoms with E-state index < -0.39 is 47.6 Å². The molecule has 3 N–H and O–H groups in total. The van der Waals surface area contributed by atoms with Crippen LogP contribution in [0.25, 0.3) is 21.6 Å². The number of aromatic nitrogens is 2. The molecule has 4 rings (SSSR count). The summed E-state index contributed by atoms with van der Waals surface area (Å²) in [7, 11) is 1.62. The van der Waals surface area contributed by atoms with E-state index in [0.717, 1.165) is 40.9 Å². The van der Waals surface area contributed by atoms with Gasteiger partial charge in [0.25, 0.3) is 0 Å². The number of nitrogens with zero attached hydrogens (tertiary/aromatic N) is 3. The Kier molecular flexibility index (Phi) is 12.3. The fraction of sp³-hybridized carbons (Fsp3) is 0.541. The van der Waals surface area contributed by atoms with Crippen molar-refractivity contribution in [3.63, 3.8) is 0 Å². The summed E-state index contributed by atoms with van der Waals surface area (Å²) in [5, 5.41) is 6.32. The SMILES string of the molecule is C=CCCCCCC(NC(=O)OC(C)(C)C)C(=O)N1CC(Oc2cc(-c3nc(C(C)C)cs3)nc3c(C)c(OC)ccc23)C(C)C1C(N)=O. The van der Waals surface area contributed by atoms with E-state index >= 15 is 0 Å². The number of allylic oxidation sites excluding steroid dienone is 1. The number of hydrogen-bond acceptors (Lipinski definition) is 9. The van der Waals surface area contributed by atoms with Crippen molar-refractivity contribution in [1.29, 1.82) is 0 Å². The molecule has 3 aromatic rings. The van der Waals surface area contributed by atoms with Crippen molar-refractivity contribution in [2.45, 2.75) is 110 Å². The molecular weight excluding hydrogens is 643 g/mol. The quantitative estimate of drug-likeness (QED) is 0.137. The highest BCUT2D eigenvalue weighted by Gasteiger charge is 2.47. The second-order valence-corrected chi connectivity index (χ2v) is 14.9. The number of aryl methyl sites for hydroxylation is 1. The molecule has 0 saturated carbocycles. The first-order chi connectivity index (χ1) is 23.1. The van der Waals surface area contributed by atoms with Crippen molar-refractivity contribution in [3.8, 4) is 22.2 Å². The number of fused-ring (bicyclic) bond motifs is 1. The third-order valence-corrected chi connectivity index (χ3v) is 9.62. The molecule has 3 amide bonds. The highest BCUT2D eigenvalue weighted by atomic mass is 32.1. The number of unbranched alkanes of at least 4 members (excludes halogenated alkanes) is 3. The number of carbonyl (C=O) groups is 3. The van der Waals surface area contributed by atoms with Gasteiger partial charge in [-0.3, -0.25) is 9.59 Å². The summed E-state index contributed by atoms with van der Waals surface area (Å²) < 4.78 is 17.8. The molecule has 0 radical (unpaired) electrons. The number of benzene rings is 1. The highest BCUT2D eigenvalue weighted by Crippen LogP contribution is 2.39. The van der Waals surface area contributed by atoms with Crippen LogP contribution in [0.5, 0.6) is 11.5 Å². The number of primary amides is 1. The fourth-order valence-corrected chi connectivity index (χ4v) is 7.05. The van der Waals surface area contributed by atoms with Crippen LogP contribution in [0.2, 0.25) is 0 Å². The van der Waals surface area contributed by atoms with Crippen LogP contribution >= 0.6 is 11.3 Å². The van der Waals surface area contributed by atoms with E-state index in [4.69, 9.17) is 29.9 Å². The third kappa shape index (κ3) is 9.09. The zero-order valence-corrected chi connectivity index (χ0v) is 30.8. The highest BCUT2D eigenvalue weighted by molar-refractivity contribution is 7.13. The first-order valence-electron chi connectivity index (χ1n) is 17.0. The van der Waals surface area contributed by atoms with Crippen LogP contribution in [0.4, 0.5) is 4.79 Å². The van der Waals surface area contributed by atoms with E-state index in [2.05, 4.69) is 25.7 Å². The molecule has 1 aliphatic rings. The number of hydrogen-bond donors (Lipinski definition) is 2. The zero-order chi connectivity index (χ0) is 36.0. The van der Waals surface area contributed by atoms with E-state index in [0.29, 0.717) is 35.6 Å². The van der Waals surface area contributed by atoms with Crippen molar-refractivity contribution in [1.82, 2.24) is 20.2 Å². The lowest BCUT2D eigenvalue weighted by Gasteiger charge is -2.29. The van der Waals surface area contributed by atoms with Crippen molar-refractivity contribution in [2.75, 3.05) is 13.7 Å². The Labute approximate surface area is 293 Å². The molecule has 266 valence electrons. The van der Waals surface area contributed by atoms with Gasteiger partial charge in [0.05, 0.1) is 24.9 Å². The molecule has 1 aromatic carbocycles. The Balaban J connectivity index is 1.68. The number of amides is 3. The van der Waals surface area contributed by atoms with Gasteiger partial charge < -0.3 is 30.2 Å². The second kappa shape index (κ2) is 16.0. The lowest BCUT2D eigenvalue weighted by atomic mass is 9.99. The summed E-state index contributed by atoms with van der Waals surface area (Å²) in [5.41, 5.74) is 8.38. The zero-order valence-electron chi connectivity index (χ0n) is 30.0. The smallest absolute Gasteiger partial charge is 0.408 e. The Morgan fingerprint density at radius 2 is 1.90 bits per heavy atom. The average Bonchev–Trinajstić information content (AvgIpc) is 3.65. The van der Waals surface area contributed by atoms with Crippen LogP contribution in [0.1, 0.15) is 90.8 Å². The summed E-state index contributed by atoms with van der Waals surface area (Å²) in [6.07, 6.45) is 4.28. The topological polar surface area (TPSA) is 146 Å². The Hall–Kier alpha value is -4.19. The fourth-order valence-electron chi connectivity index (χ4n) is 6.11. The molecule has 0 spiro atoms. The van der Waals surface area contributed by atoms with Crippen LogP contribution < -0.4 is 20.5 Å². The third-order valence-electron chi connectivity index (χ3n) is 8.74. The Morgan fingerprint density at radius 1 is 1.16 bits per heavy atom. The van der Waals surface area contributed by atoms with Crippen molar-refractivity contribution in [3.05, 3.63) is 47.5 Å². The van der Waals surface area contributed by atoms with Crippen molar-refractivity contribution < 1.29 is 28.6 Å². The maximum Gasteiger partial charge on any atom is 0.408 e. The minimum atomic E-state index is -0.942. The maximum atomic E-state index is 14.2. The van der Waals surface area contributed by atoms with Gasteiger partial charge in [-0.1, -0.05) is 39.7 Å². The first kappa shape index (κ1) is 37.6. The Morgan fingerprint density at radius 3 is 2.51 bits per heavy atom. The molecule has 2 aromatic heterocycles. The van der Waals surface area contributed by atoms with E-state index in [1.54, 1.807) is 27.9 Å². The van der Waals surface area contributed by atoms with Gasteiger partial charge in [0.1, 0.15) is 46.0 Å². The number of methoxy groups -OCH3 is 1. The molecule has 49 heavy (non-hydrogen) atoms. The standard InChI is InChI=1S/C37H51N5O6S/c1-10-11-12-13-14-15-25(41-36(45)48-37(6,7)8)35(44)42-19-30(23(5)32(42)33(38)43)47-29-18-26(34-40-27(20-49-34)21(2)3)39-31-22(4)28(46-9)17-16-24(29)31/h10,16-18,20-21,23,25,30,32H,1,11-15,19H2,2-9H3,(H2,38,43)(H,41,45). The maximum absolute atomic E-state index is 14.2. The molecule has 0 aliphatic carbocycles. The normalized spacial score (nSPS) is 18.4. The van der Waals surface area contributed by atoms with Crippen molar-refractivity contribution >= 4 is 40.1 Å². The molecule has 1 fully saturated rings. The van der Waals surface area contributed by atoms with Crippen LogP contribution in [0.15, 0.2) is 36.2 Å². The largest absolute Gasteiger partial charge is 0.496 e. The molecule has 1 aliphatic heterocycles. The minimum absolute atomic E-state index is 0.0968. The van der Waals surface area contributed by atoms with Crippen LogP contribution in [-0.2, 0) is 14.3 Å². The summed E-state index contributed by atoms with van der Waals surface area (Å²) in [6, 6.07) is 3.78. The predicted octanol–water partition coefficient (Wildman–Crippen LogP) is 6.91. The van der Waals surface area contributed by atoms with Gasteiger partial charge >= 0.3 is 6.09 Å². The summed E-state index contributed by atoms with van der Waals surface area (Å²) in [5.74, 6) is 0.0111. The van der Waals surface area contributed by atoms with E-state index in [1.165, 1.54) is 16.2 Å². The monoisotopic (exact) mass is 693 g/mol. The molecule has 4 atom stereocenters. The number of rotatable bonds is 14. The number of ether oxygens (including phenoxy) is 3. The number of thiazole rings is 1. The molecule has 4 unspecified atom stereocenters. The molecule has 11 nitrogen and oxygen atoms in total. The first-order valence-corrected chi connectivity index (χ1v) is 17.8. The number of nitrogens with one attached hydrogen (secondary N) is 1. The van der Waals surface area contributed by atoms with Crippen LogP contribution in [0.3, 0.4) is 0 Å². The van der Waals surface area contributed by atoms with Crippen molar-refractivity contribution in [2.24, 2.45) is 11.7 Å². The van der Waals surface area contributed by atoms with E-state index in [1.807, 2.05) is 43.5 Å². The molecular formula is C37H51N5O6S. The van der Waals surface area contributed by atoms with E-state index in [9.17, 15) is 14.4 Å². The molecule has 3 heterocycles. The number of nitrogens with two attached hydrogens (primary N) is 1. The van der Waals surface area contributed by atoms with E-state index in [-0.39, 0.29) is 12.5 Å².